The molecule has 2 aliphatic rings. The molecule has 0 atom stereocenters. The number of nitrogens with zero attached hydrogens (tertiary/aromatic N) is 3. The second kappa shape index (κ2) is 10.5. The van der Waals surface area contributed by atoms with Crippen LogP contribution in [0.2, 0.25) is 0 Å². The van der Waals surface area contributed by atoms with E-state index < -0.39 is 15.3 Å². The Labute approximate surface area is 193 Å². The van der Waals surface area contributed by atoms with Gasteiger partial charge >= 0.3 is 5.97 Å². The summed E-state index contributed by atoms with van der Waals surface area (Å²) < 4.78 is 24.0. The molecule has 0 bridgehead atoms. The molecule has 1 aromatic carbocycles. The highest BCUT2D eigenvalue weighted by molar-refractivity contribution is 7.91. The first-order chi connectivity index (χ1) is 15.1. The third-order valence-corrected chi connectivity index (χ3v) is 8.32. The molecule has 32 heavy (non-hydrogen) atoms. The fraction of sp³-hybridized carbons (Fsp3) is 0.708. The Kier molecular flexibility index (Phi) is 8.22. The third-order valence-electron chi connectivity index (χ3n) is 6.56. The summed E-state index contributed by atoms with van der Waals surface area (Å²) in [5.41, 5.74) is 0.630. The number of sulfone groups is 1. The maximum absolute atomic E-state index is 12.0. The van der Waals surface area contributed by atoms with E-state index in [0.29, 0.717) is 10.8 Å². The van der Waals surface area contributed by atoms with Crippen LogP contribution in [0, 0.1) is 11.3 Å². The van der Waals surface area contributed by atoms with E-state index in [9.17, 15) is 13.2 Å². The minimum atomic E-state index is -3.14. The van der Waals surface area contributed by atoms with E-state index in [1.54, 1.807) is 19.1 Å². The Hall–Kier alpha value is -1.64. The van der Waals surface area contributed by atoms with Gasteiger partial charge < -0.3 is 9.74 Å². The minimum Gasteiger partial charge on any atom is -0.369 e. The van der Waals surface area contributed by atoms with E-state index in [1.165, 1.54) is 6.42 Å². The van der Waals surface area contributed by atoms with E-state index in [0.717, 1.165) is 64.3 Å². The Morgan fingerprint density at radius 3 is 2.12 bits per heavy atom. The van der Waals surface area contributed by atoms with Crippen molar-refractivity contribution in [3.05, 3.63) is 24.3 Å². The Morgan fingerprint density at radius 2 is 1.59 bits per heavy atom. The van der Waals surface area contributed by atoms with Gasteiger partial charge in [0.2, 0.25) is 0 Å². The number of hydrogen-bond donors (Lipinski definition) is 0. The summed E-state index contributed by atoms with van der Waals surface area (Å²) in [5.74, 6) is 0.660. The number of carbonyl (C=O) groups is 1. The van der Waals surface area contributed by atoms with Crippen molar-refractivity contribution >= 4 is 21.5 Å². The molecular weight excluding hydrogens is 426 g/mol. The van der Waals surface area contributed by atoms with Crippen LogP contribution in [0.4, 0.5) is 5.69 Å². The smallest absolute Gasteiger partial charge is 0.330 e. The summed E-state index contributed by atoms with van der Waals surface area (Å²) in [5, 5.41) is 1.83. The Balaban J connectivity index is 1.37. The van der Waals surface area contributed by atoms with E-state index in [-0.39, 0.29) is 11.7 Å². The van der Waals surface area contributed by atoms with Crippen molar-refractivity contribution in [2.45, 2.75) is 51.9 Å². The molecule has 0 N–H and O–H groups in total. The molecule has 180 valence electrons. The molecule has 3 rings (SSSR count). The maximum Gasteiger partial charge on any atom is 0.330 e. The maximum atomic E-state index is 12.0. The lowest BCUT2D eigenvalue weighted by atomic mass is 9.94. The van der Waals surface area contributed by atoms with Crippen LogP contribution < -0.4 is 4.90 Å². The fourth-order valence-electron chi connectivity index (χ4n) is 4.17. The van der Waals surface area contributed by atoms with E-state index in [4.69, 9.17) is 4.84 Å². The van der Waals surface area contributed by atoms with Crippen LogP contribution in [0.5, 0.6) is 0 Å². The molecule has 2 aliphatic heterocycles. The average molecular weight is 466 g/mol. The van der Waals surface area contributed by atoms with Crippen molar-refractivity contribution in [2.24, 2.45) is 11.3 Å². The number of piperidine rings is 1. The second-order valence-corrected chi connectivity index (χ2v) is 12.3. The van der Waals surface area contributed by atoms with E-state index in [2.05, 4.69) is 9.80 Å². The molecule has 7 nitrogen and oxygen atoms in total. The number of benzene rings is 1. The summed E-state index contributed by atoms with van der Waals surface area (Å²) in [4.78, 5) is 22.8. The highest BCUT2D eigenvalue weighted by atomic mass is 32.2. The fourth-order valence-corrected chi connectivity index (χ4v) is 5.05. The van der Waals surface area contributed by atoms with Crippen molar-refractivity contribution in [2.75, 3.05) is 56.5 Å². The van der Waals surface area contributed by atoms with Crippen LogP contribution in [-0.2, 0) is 19.5 Å². The Morgan fingerprint density at radius 1 is 1.00 bits per heavy atom. The molecule has 0 radical (unpaired) electrons. The molecule has 0 saturated carbocycles. The number of piperazine rings is 1. The molecule has 0 aliphatic carbocycles. The van der Waals surface area contributed by atoms with Crippen molar-refractivity contribution in [3.8, 4) is 0 Å². The highest BCUT2D eigenvalue weighted by Gasteiger charge is 2.28. The quantitative estimate of drug-likeness (QED) is 0.612. The standard InChI is InChI=1S/C24H39N3O4S/c1-5-32(29,30)22-8-6-21(7-9-22)26-18-16-25(17-19-26)13-10-20-11-14-27(15-12-20)31-23(28)24(2,3)4/h6-9,20H,5,10-19H2,1-4H3. The first-order valence-electron chi connectivity index (χ1n) is 11.9. The summed E-state index contributed by atoms with van der Waals surface area (Å²) in [6, 6.07) is 7.31. The lowest BCUT2D eigenvalue weighted by molar-refractivity contribution is -0.206. The average Bonchev–Trinajstić information content (AvgIpc) is 2.78. The molecule has 8 heteroatoms. The van der Waals surface area contributed by atoms with Gasteiger partial charge in [-0.15, -0.1) is 5.06 Å². The van der Waals surface area contributed by atoms with Crippen molar-refractivity contribution in [1.82, 2.24) is 9.96 Å². The zero-order valence-corrected chi connectivity index (χ0v) is 20.9. The molecule has 0 amide bonds. The van der Waals surface area contributed by atoms with Crippen LogP contribution in [0.25, 0.3) is 0 Å². The molecular formula is C24H39N3O4S. The molecule has 2 heterocycles. The predicted octanol–water partition coefficient (Wildman–Crippen LogP) is 3.21. The number of carbonyl (C=O) groups excluding carboxylic acids is 1. The monoisotopic (exact) mass is 465 g/mol. The lowest BCUT2D eigenvalue weighted by Crippen LogP contribution is -2.47. The predicted molar refractivity (Wildman–Crippen MR) is 127 cm³/mol. The van der Waals surface area contributed by atoms with Crippen molar-refractivity contribution < 1.29 is 18.0 Å². The molecule has 0 spiro atoms. The number of hydroxylamine groups is 2. The Bertz CT molecular complexity index is 848. The first-order valence-corrected chi connectivity index (χ1v) is 13.5. The van der Waals surface area contributed by atoms with Crippen molar-refractivity contribution in [3.63, 3.8) is 0 Å². The molecule has 2 fully saturated rings. The van der Waals surface area contributed by atoms with Crippen LogP contribution in [0.1, 0.15) is 47.0 Å². The molecule has 0 aromatic heterocycles. The van der Waals surface area contributed by atoms with Gasteiger partial charge in [0.15, 0.2) is 9.84 Å². The van der Waals surface area contributed by atoms with Crippen LogP contribution in [-0.4, -0.2) is 75.9 Å². The lowest BCUT2D eigenvalue weighted by Gasteiger charge is -2.37. The largest absolute Gasteiger partial charge is 0.369 e. The van der Waals surface area contributed by atoms with Gasteiger partial charge in [0.1, 0.15) is 0 Å². The van der Waals surface area contributed by atoms with Gasteiger partial charge in [-0.2, -0.15) is 0 Å². The number of hydrogen-bond acceptors (Lipinski definition) is 7. The van der Waals surface area contributed by atoms with Crippen LogP contribution >= 0.6 is 0 Å². The SMILES string of the molecule is CCS(=O)(=O)c1ccc(N2CCN(CCC3CCN(OC(=O)C(C)(C)C)CC3)CC2)cc1. The number of anilines is 1. The molecule has 1 aromatic rings. The van der Waals surface area contributed by atoms with E-state index >= 15 is 0 Å². The first kappa shape index (κ1) is 25.0. The third kappa shape index (κ3) is 6.68. The normalized spacial score (nSPS) is 19.8. The van der Waals surface area contributed by atoms with Crippen LogP contribution in [0.15, 0.2) is 29.2 Å². The minimum absolute atomic E-state index is 0.131. The van der Waals surface area contributed by atoms with Crippen molar-refractivity contribution in [1.29, 1.82) is 0 Å². The number of rotatable bonds is 7. The molecule has 2 saturated heterocycles. The summed E-state index contributed by atoms with van der Waals surface area (Å²) in [6.07, 6.45) is 3.33. The summed E-state index contributed by atoms with van der Waals surface area (Å²) in [7, 11) is -3.14. The summed E-state index contributed by atoms with van der Waals surface area (Å²) >= 11 is 0. The zero-order valence-electron chi connectivity index (χ0n) is 20.0. The van der Waals surface area contributed by atoms with Gasteiger partial charge in [0, 0.05) is 45.0 Å². The van der Waals surface area contributed by atoms with Gasteiger partial charge in [0.05, 0.1) is 16.1 Å². The van der Waals surface area contributed by atoms with Crippen LogP contribution in [0.3, 0.4) is 0 Å². The van der Waals surface area contributed by atoms with Gasteiger partial charge in [-0.1, -0.05) is 6.92 Å². The van der Waals surface area contributed by atoms with Gasteiger partial charge in [-0.25, -0.2) is 13.2 Å². The summed E-state index contributed by atoms with van der Waals surface area (Å²) in [6.45, 7) is 14.0. The second-order valence-electron chi connectivity index (χ2n) is 10.0. The van der Waals surface area contributed by atoms with Gasteiger partial charge in [-0.3, -0.25) is 4.90 Å². The van der Waals surface area contributed by atoms with E-state index in [1.807, 2.05) is 38.0 Å². The highest BCUT2D eigenvalue weighted by Crippen LogP contribution is 2.24. The van der Waals surface area contributed by atoms with Gasteiger partial charge in [0.25, 0.3) is 0 Å². The topological polar surface area (TPSA) is 70.2 Å². The van der Waals surface area contributed by atoms with Gasteiger partial charge in [-0.05, 0) is 76.8 Å². The zero-order chi connectivity index (χ0) is 23.4. The molecule has 0 unspecified atom stereocenters.